The second-order valence-corrected chi connectivity index (χ2v) is 3.71. The predicted octanol–water partition coefficient (Wildman–Crippen LogP) is -0.165. The van der Waals surface area contributed by atoms with Crippen LogP contribution < -0.4 is 27.0 Å². The Bertz CT molecular complexity index is 377. The molecule has 16 heavy (non-hydrogen) atoms. The van der Waals surface area contributed by atoms with Gasteiger partial charge in [-0.15, -0.1) is 0 Å². The maximum atomic E-state index is 11.1. The van der Waals surface area contributed by atoms with Crippen molar-refractivity contribution in [3.05, 3.63) is 29.8 Å². The monoisotopic (exact) mass is 221 g/mol. The van der Waals surface area contributed by atoms with Crippen LogP contribution in [0.15, 0.2) is 24.3 Å². The number of aryl methyl sites for hydroxylation is 1. The van der Waals surface area contributed by atoms with Crippen LogP contribution in [0, 0.1) is 6.92 Å². The van der Waals surface area contributed by atoms with Crippen molar-refractivity contribution in [3.63, 3.8) is 0 Å². The molecule has 0 saturated carbocycles. The first-order chi connectivity index (χ1) is 7.63. The van der Waals surface area contributed by atoms with Crippen molar-refractivity contribution in [2.24, 2.45) is 5.73 Å². The number of hydrogen-bond donors (Lipinski definition) is 5. The molecule has 0 spiro atoms. The lowest BCUT2D eigenvalue weighted by Gasteiger charge is -2.31. The maximum absolute atomic E-state index is 11.1. The summed E-state index contributed by atoms with van der Waals surface area (Å²) in [7, 11) is 0. The minimum Gasteiger partial charge on any atom is -0.353 e. The lowest BCUT2D eigenvalue weighted by molar-refractivity contribution is 0.213. The van der Waals surface area contributed by atoms with E-state index in [1.54, 1.807) is 0 Å². The van der Waals surface area contributed by atoms with Crippen LogP contribution in [-0.4, -0.2) is 18.6 Å². The van der Waals surface area contributed by atoms with E-state index in [0.717, 1.165) is 5.69 Å². The van der Waals surface area contributed by atoms with Gasteiger partial charge in [-0.3, -0.25) is 5.73 Å². The van der Waals surface area contributed by atoms with Gasteiger partial charge < -0.3 is 16.0 Å². The van der Waals surface area contributed by atoms with Crippen LogP contribution in [0.5, 0.6) is 0 Å². The smallest absolute Gasteiger partial charge is 0.319 e. The van der Waals surface area contributed by atoms with Crippen LogP contribution in [0.1, 0.15) is 5.56 Å². The van der Waals surface area contributed by atoms with E-state index in [2.05, 4.69) is 21.3 Å². The van der Waals surface area contributed by atoms with Crippen molar-refractivity contribution in [3.8, 4) is 0 Å². The average Bonchev–Trinajstić information content (AvgIpc) is 2.20. The van der Waals surface area contributed by atoms with Crippen LogP contribution >= 0.6 is 0 Å². The van der Waals surface area contributed by atoms with E-state index in [1.165, 1.54) is 5.56 Å². The molecule has 1 heterocycles. The zero-order chi connectivity index (χ0) is 11.5. The molecule has 2 amide bonds. The highest BCUT2D eigenvalue weighted by molar-refractivity contribution is 5.75. The van der Waals surface area contributed by atoms with Crippen molar-refractivity contribution < 1.29 is 4.79 Å². The number of nitrogens with two attached hydrogens (primary N) is 1. The molecule has 2 atom stereocenters. The molecule has 0 radical (unpaired) electrons. The molecule has 6 heteroatoms. The Morgan fingerprint density at radius 1 is 1.25 bits per heavy atom. The Hall–Kier alpha value is -1.79. The van der Waals surface area contributed by atoms with E-state index in [1.807, 2.05) is 31.2 Å². The molecule has 1 saturated heterocycles. The minimum absolute atomic E-state index is 0.295. The van der Waals surface area contributed by atoms with E-state index in [0.29, 0.717) is 0 Å². The molecular formula is C10H15N5O. The molecule has 2 rings (SSSR count). The normalized spacial score (nSPS) is 24.5. The summed E-state index contributed by atoms with van der Waals surface area (Å²) >= 11 is 0. The number of urea groups is 1. The van der Waals surface area contributed by atoms with Crippen LogP contribution in [-0.2, 0) is 0 Å². The van der Waals surface area contributed by atoms with Gasteiger partial charge in [0.1, 0.15) is 6.29 Å². The Labute approximate surface area is 93.6 Å². The fraction of sp³-hybridized carbons (Fsp3) is 0.300. The van der Waals surface area contributed by atoms with Gasteiger partial charge in [0, 0.05) is 5.69 Å². The molecule has 1 aliphatic rings. The zero-order valence-corrected chi connectivity index (χ0v) is 8.95. The Morgan fingerprint density at radius 3 is 2.56 bits per heavy atom. The molecule has 0 aromatic heterocycles. The van der Waals surface area contributed by atoms with Gasteiger partial charge in [0.2, 0.25) is 0 Å². The molecule has 86 valence electrons. The molecule has 1 aliphatic heterocycles. The van der Waals surface area contributed by atoms with Crippen molar-refractivity contribution >= 4 is 11.7 Å². The number of benzene rings is 1. The summed E-state index contributed by atoms with van der Waals surface area (Å²) in [5, 5.41) is 11.2. The fourth-order valence-corrected chi connectivity index (χ4v) is 1.47. The van der Waals surface area contributed by atoms with E-state index < -0.39 is 6.29 Å². The highest BCUT2D eigenvalue weighted by atomic mass is 16.2. The summed E-state index contributed by atoms with van der Waals surface area (Å²) in [6.45, 7) is 2.02. The lowest BCUT2D eigenvalue weighted by Crippen LogP contribution is -2.69. The molecule has 0 aliphatic carbocycles. The third-order valence-electron chi connectivity index (χ3n) is 2.27. The van der Waals surface area contributed by atoms with Crippen LogP contribution in [0.2, 0.25) is 0 Å². The Balaban J connectivity index is 1.98. The summed E-state index contributed by atoms with van der Waals surface area (Å²) in [6, 6.07) is 7.57. The molecule has 6 N–H and O–H groups in total. The summed E-state index contributed by atoms with van der Waals surface area (Å²) in [4.78, 5) is 11.1. The lowest BCUT2D eigenvalue weighted by atomic mass is 10.2. The first kappa shape index (κ1) is 10.7. The number of hydrogen-bond acceptors (Lipinski definition) is 4. The first-order valence-electron chi connectivity index (χ1n) is 5.05. The van der Waals surface area contributed by atoms with Gasteiger partial charge >= 0.3 is 6.03 Å². The maximum Gasteiger partial charge on any atom is 0.319 e. The number of carbonyl (C=O) groups excluding carboxylic acids is 1. The van der Waals surface area contributed by atoms with Gasteiger partial charge in [-0.25, -0.2) is 10.1 Å². The van der Waals surface area contributed by atoms with Crippen molar-refractivity contribution in [1.29, 1.82) is 0 Å². The molecule has 2 unspecified atom stereocenters. The topological polar surface area (TPSA) is 91.2 Å². The summed E-state index contributed by atoms with van der Waals surface area (Å²) < 4.78 is 0. The highest BCUT2D eigenvalue weighted by Gasteiger charge is 2.21. The van der Waals surface area contributed by atoms with E-state index in [9.17, 15) is 4.79 Å². The summed E-state index contributed by atoms with van der Waals surface area (Å²) in [6.07, 6.45) is -0.914. The third-order valence-corrected chi connectivity index (χ3v) is 2.27. The molecule has 6 nitrogen and oxygen atoms in total. The molecule has 0 bridgehead atoms. The van der Waals surface area contributed by atoms with Gasteiger partial charge in [-0.2, -0.15) is 0 Å². The number of carbonyl (C=O) groups is 1. The molecule has 1 aromatic carbocycles. The van der Waals surface area contributed by atoms with Crippen LogP contribution in [0.3, 0.4) is 0 Å². The molecule has 1 fully saturated rings. The minimum atomic E-state index is -0.545. The molecule has 1 aromatic rings. The first-order valence-corrected chi connectivity index (χ1v) is 5.05. The van der Waals surface area contributed by atoms with Gasteiger partial charge in [-0.1, -0.05) is 17.7 Å². The number of amides is 2. The van der Waals surface area contributed by atoms with Gasteiger partial charge in [0.05, 0.1) is 0 Å². The Kier molecular flexibility index (Phi) is 2.93. The predicted molar refractivity (Wildman–Crippen MR) is 61.4 cm³/mol. The average molecular weight is 221 g/mol. The largest absolute Gasteiger partial charge is 0.353 e. The van der Waals surface area contributed by atoms with Gasteiger partial charge in [-0.05, 0) is 19.1 Å². The highest BCUT2D eigenvalue weighted by Crippen LogP contribution is 2.09. The van der Waals surface area contributed by atoms with E-state index >= 15 is 0 Å². The summed E-state index contributed by atoms with van der Waals surface area (Å²) in [5.74, 6) is 0. The number of anilines is 1. The molecular weight excluding hydrogens is 206 g/mol. The van der Waals surface area contributed by atoms with Crippen molar-refractivity contribution in [2.75, 3.05) is 5.32 Å². The van der Waals surface area contributed by atoms with Gasteiger partial charge in [0.25, 0.3) is 0 Å². The van der Waals surface area contributed by atoms with E-state index in [4.69, 9.17) is 5.73 Å². The van der Waals surface area contributed by atoms with Crippen LogP contribution in [0.25, 0.3) is 0 Å². The van der Waals surface area contributed by atoms with E-state index in [-0.39, 0.29) is 12.3 Å². The van der Waals surface area contributed by atoms with Crippen LogP contribution in [0.4, 0.5) is 10.5 Å². The van der Waals surface area contributed by atoms with Crippen molar-refractivity contribution in [1.82, 2.24) is 16.0 Å². The SMILES string of the molecule is Cc1ccc(NC2NC(=O)NC(N)N2)cc1. The number of nitrogens with one attached hydrogen (secondary N) is 4. The number of rotatable bonds is 2. The fourth-order valence-electron chi connectivity index (χ4n) is 1.47. The third kappa shape index (κ3) is 2.62. The summed E-state index contributed by atoms with van der Waals surface area (Å²) in [5.41, 5.74) is 7.67. The van der Waals surface area contributed by atoms with Gasteiger partial charge in [0.15, 0.2) is 6.29 Å². The second kappa shape index (κ2) is 4.38. The quantitative estimate of drug-likeness (QED) is 0.480. The second-order valence-electron chi connectivity index (χ2n) is 3.71. The Morgan fingerprint density at radius 2 is 1.94 bits per heavy atom. The zero-order valence-electron chi connectivity index (χ0n) is 8.95. The van der Waals surface area contributed by atoms with Crippen molar-refractivity contribution in [2.45, 2.75) is 19.5 Å². The standard InChI is InChI=1S/C10H15N5O/c1-6-2-4-7(5-3-6)12-9-13-8(11)14-10(16)15-9/h2-5,8-9,12-13H,11H2,1H3,(H2,14,15,16).